The van der Waals surface area contributed by atoms with Gasteiger partial charge in [-0.05, 0) is 63.0 Å². The van der Waals surface area contributed by atoms with Crippen molar-refractivity contribution in [3.63, 3.8) is 0 Å². The number of likely N-dealkylation sites (tertiary alicyclic amines) is 1. The van der Waals surface area contributed by atoms with Crippen LogP contribution in [0.1, 0.15) is 31.2 Å². The summed E-state index contributed by atoms with van der Waals surface area (Å²) in [6, 6.07) is 8.02. The van der Waals surface area contributed by atoms with E-state index in [2.05, 4.69) is 15.5 Å². The Morgan fingerprint density at radius 1 is 1.12 bits per heavy atom. The molecule has 2 heterocycles. The van der Waals surface area contributed by atoms with E-state index < -0.39 is 0 Å². The first-order valence-electron chi connectivity index (χ1n) is 9.24. The van der Waals surface area contributed by atoms with Crippen molar-refractivity contribution in [1.82, 2.24) is 10.2 Å². The summed E-state index contributed by atoms with van der Waals surface area (Å²) in [6.45, 7) is 4.38. The highest BCUT2D eigenvalue weighted by molar-refractivity contribution is 5.92. The second kappa shape index (κ2) is 9.90. The van der Waals surface area contributed by atoms with E-state index in [4.69, 9.17) is 5.73 Å². The number of hydrogen-bond donors (Lipinski definition) is 3. The van der Waals surface area contributed by atoms with Crippen molar-refractivity contribution in [2.24, 2.45) is 17.6 Å². The average molecular weight is 381 g/mol. The largest absolute Gasteiger partial charge is 0.369 e. The minimum absolute atomic E-state index is 0. The molecule has 0 radical (unpaired) electrons. The van der Waals surface area contributed by atoms with Crippen LogP contribution in [0.5, 0.6) is 0 Å². The number of rotatable bonds is 5. The van der Waals surface area contributed by atoms with Crippen LogP contribution in [0.2, 0.25) is 0 Å². The second-order valence-electron chi connectivity index (χ2n) is 7.19. The molecular formula is C19H29ClN4O2. The van der Waals surface area contributed by atoms with Gasteiger partial charge in [-0.2, -0.15) is 0 Å². The molecule has 144 valence electrons. The van der Waals surface area contributed by atoms with E-state index in [1.807, 2.05) is 24.3 Å². The topological polar surface area (TPSA) is 87.5 Å². The van der Waals surface area contributed by atoms with E-state index in [9.17, 15) is 9.59 Å². The molecule has 1 atom stereocenters. The zero-order valence-corrected chi connectivity index (χ0v) is 15.9. The van der Waals surface area contributed by atoms with Gasteiger partial charge in [0.15, 0.2) is 0 Å². The van der Waals surface area contributed by atoms with Gasteiger partial charge in [-0.15, -0.1) is 12.4 Å². The molecule has 0 saturated carbocycles. The van der Waals surface area contributed by atoms with Crippen molar-refractivity contribution < 1.29 is 9.59 Å². The molecule has 1 aromatic carbocycles. The van der Waals surface area contributed by atoms with E-state index in [0.717, 1.165) is 64.1 Å². The van der Waals surface area contributed by atoms with Crippen LogP contribution in [0.25, 0.3) is 0 Å². The first kappa shape index (κ1) is 20.7. The maximum absolute atomic E-state index is 12.3. The summed E-state index contributed by atoms with van der Waals surface area (Å²) < 4.78 is 0. The molecule has 2 fully saturated rings. The van der Waals surface area contributed by atoms with Crippen LogP contribution in [0.15, 0.2) is 24.3 Å². The zero-order chi connectivity index (χ0) is 17.6. The van der Waals surface area contributed by atoms with Crippen LogP contribution in [-0.2, 0) is 16.1 Å². The van der Waals surface area contributed by atoms with Crippen LogP contribution in [-0.4, -0.2) is 42.9 Å². The number of halogens is 1. The first-order valence-corrected chi connectivity index (χ1v) is 9.24. The molecule has 2 amide bonds. The molecule has 26 heavy (non-hydrogen) atoms. The Hall–Kier alpha value is -1.63. The number of hydrogen-bond acceptors (Lipinski definition) is 4. The molecule has 1 unspecified atom stereocenters. The van der Waals surface area contributed by atoms with Gasteiger partial charge in [-0.1, -0.05) is 12.1 Å². The highest BCUT2D eigenvalue weighted by atomic mass is 35.5. The molecule has 0 bridgehead atoms. The fourth-order valence-electron chi connectivity index (χ4n) is 3.71. The number of piperidine rings is 2. The summed E-state index contributed by atoms with van der Waals surface area (Å²) >= 11 is 0. The molecule has 0 aliphatic carbocycles. The lowest BCUT2D eigenvalue weighted by Crippen LogP contribution is -2.40. The fraction of sp³-hybridized carbons (Fsp3) is 0.579. The number of primary amides is 1. The number of amides is 2. The van der Waals surface area contributed by atoms with Gasteiger partial charge in [0.1, 0.15) is 0 Å². The second-order valence-corrected chi connectivity index (χ2v) is 7.19. The monoisotopic (exact) mass is 380 g/mol. The molecule has 2 saturated heterocycles. The predicted octanol–water partition coefficient (Wildman–Crippen LogP) is 1.74. The summed E-state index contributed by atoms with van der Waals surface area (Å²) in [5.41, 5.74) is 7.47. The lowest BCUT2D eigenvalue weighted by molar-refractivity contribution is -0.123. The van der Waals surface area contributed by atoms with Gasteiger partial charge in [0, 0.05) is 24.7 Å². The summed E-state index contributed by atoms with van der Waals surface area (Å²) in [4.78, 5) is 25.9. The molecular weight excluding hydrogens is 352 g/mol. The number of nitrogens with one attached hydrogen (secondary N) is 2. The lowest BCUT2D eigenvalue weighted by Gasteiger charge is -2.31. The number of carbonyl (C=O) groups excluding carboxylic acids is 2. The van der Waals surface area contributed by atoms with Crippen LogP contribution in [0.3, 0.4) is 0 Å². The minimum atomic E-state index is -0.194. The SMILES string of the molecule is Cl.NC(=O)C1CCCN(Cc2ccc(NC(=O)C3CCNCC3)cc2)C1. The molecule has 0 spiro atoms. The van der Waals surface area contributed by atoms with Gasteiger partial charge in [0.25, 0.3) is 0 Å². The average Bonchev–Trinajstić information content (AvgIpc) is 2.64. The van der Waals surface area contributed by atoms with Crippen LogP contribution in [0, 0.1) is 11.8 Å². The van der Waals surface area contributed by atoms with Gasteiger partial charge in [0.05, 0.1) is 5.92 Å². The number of anilines is 1. The van der Waals surface area contributed by atoms with Gasteiger partial charge in [-0.3, -0.25) is 14.5 Å². The maximum atomic E-state index is 12.3. The van der Waals surface area contributed by atoms with Crippen molar-refractivity contribution in [3.8, 4) is 0 Å². The van der Waals surface area contributed by atoms with E-state index in [0.29, 0.717) is 0 Å². The van der Waals surface area contributed by atoms with Crippen molar-refractivity contribution in [3.05, 3.63) is 29.8 Å². The van der Waals surface area contributed by atoms with Crippen molar-refractivity contribution in [2.75, 3.05) is 31.5 Å². The van der Waals surface area contributed by atoms with E-state index in [-0.39, 0.29) is 36.1 Å². The van der Waals surface area contributed by atoms with Crippen LogP contribution < -0.4 is 16.4 Å². The molecule has 0 aromatic heterocycles. The number of carbonyl (C=O) groups is 2. The van der Waals surface area contributed by atoms with Gasteiger partial charge in [-0.25, -0.2) is 0 Å². The Bertz CT molecular complexity index is 602. The van der Waals surface area contributed by atoms with Crippen molar-refractivity contribution >= 4 is 29.9 Å². The predicted molar refractivity (Wildman–Crippen MR) is 105 cm³/mol. The molecule has 1 aromatic rings. The zero-order valence-electron chi connectivity index (χ0n) is 15.1. The van der Waals surface area contributed by atoms with E-state index >= 15 is 0 Å². The lowest BCUT2D eigenvalue weighted by atomic mass is 9.97. The first-order chi connectivity index (χ1) is 12.1. The van der Waals surface area contributed by atoms with Gasteiger partial charge in [0.2, 0.25) is 11.8 Å². The molecule has 6 nitrogen and oxygen atoms in total. The van der Waals surface area contributed by atoms with Crippen molar-refractivity contribution in [1.29, 1.82) is 0 Å². The van der Waals surface area contributed by atoms with Gasteiger partial charge < -0.3 is 16.4 Å². The number of nitrogens with two attached hydrogens (primary N) is 1. The molecule has 2 aliphatic heterocycles. The number of benzene rings is 1. The molecule has 4 N–H and O–H groups in total. The summed E-state index contributed by atoms with van der Waals surface area (Å²) in [7, 11) is 0. The Balaban J connectivity index is 0.00000243. The van der Waals surface area contributed by atoms with E-state index in [1.165, 1.54) is 5.56 Å². The van der Waals surface area contributed by atoms with Crippen molar-refractivity contribution in [2.45, 2.75) is 32.2 Å². The van der Waals surface area contributed by atoms with Crippen LogP contribution in [0.4, 0.5) is 5.69 Å². The highest BCUT2D eigenvalue weighted by Gasteiger charge is 2.24. The Kier molecular flexibility index (Phi) is 7.87. The molecule has 3 rings (SSSR count). The minimum Gasteiger partial charge on any atom is -0.369 e. The van der Waals surface area contributed by atoms with E-state index in [1.54, 1.807) is 0 Å². The third kappa shape index (κ3) is 5.69. The van der Waals surface area contributed by atoms with Gasteiger partial charge >= 0.3 is 0 Å². The quantitative estimate of drug-likeness (QED) is 0.726. The summed E-state index contributed by atoms with van der Waals surface area (Å²) in [5.74, 6) is 0.00700. The summed E-state index contributed by atoms with van der Waals surface area (Å²) in [6.07, 6.45) is 3.71. The summed E-state index contributed by atoms with van der Waals surface area (Å²) in [5, 5.41) is 6.30. The molecule has 7 heteroatoms. The highest BCUT2D eigenvalue weighted by Crippen LogP contribution is 2.20. The fourth-order valence-corrected chi connectivity index (χ4v) is 3.71. The van der Waals surface area contributed by atoms with Crippen LogP contribution >= 0.6 is 12.4 Å². The smallest absolute Gasteiger partial charge is 0.227 e. The third-order valence-corrected chi connectivity index (χ3v) is 5.25. The Morgan fingerprint density at radius 3 is 2.46 bits per heavy atom. The normalized spacial score (nSPS) is 21.6. The Morgan fingerprint density at radius 2 is 1.81 bits per heavy atom. The maximum Gasteiger partial charge on any atom is 0.227 e. The standard InChI is InChI=1S/C19H28N4O2.ClH/c20-18(24)16-2-1-11-23(13-16)12-14-3-5-17(6-4-14)22-19(25)15-7-9-21-10-8-15;/h3-6,15-16,21H,1-2,7-13H2,(H2,20,24)(H,22,25);1H. The Labute approximate surface area is 161 Å². The molecule has 2 aliphatic rings. The number of nitrogens with zero attached hydrogens (tertiary/aromatic N) is 1. The third-order valence-electron chi connectivity index (χ3n) is 5.25.